The summed E-state index contributed by atoms with van der Waals surface area (Å²) in [5.74, 6) is 0.686. The van der Waals surface area contributed by atoms with Crippen LogP contribution in [0.5, 0.6) is 0 Å². The van der Waals surface area contributed by atoms with Gasteiger partial charge in [0.05, 0.1) is 10.6 Å². The Morgan fingerprint density at radius 2 is 2.32 bits per heavy atom. The van der Waals surface area contributed by atoms with Crippen LogP contribution >= 0.6 is 11.6 Å². The van der Waals surface area contributed by atoms with Crippen molar-refractivity contribution in [3.63, 3.8) is 0 Å². The van der Waals surface area contributed by atoms with Crippen LogP contribution < -0.4 is 11.1 Å². The molecular weight excluding hydrogens is 264 g/mol. The minimum atomic E-state index is -0.230. The summed E-state index contributed by atoms with van der Waals surface area (Å²) in [6.07, 6.45) is 4.26. The summed E-state index contributed by atoms with van der Waals surface area (Å²) in [6, 6.07) is 4.84. The van der Waals surface area contributed by atoms with Gasteiger partial charge >= 0.3 is 0 Å². The summed E-state index contributed by atoms with van der Waals surface area (Å²) in [5.41, 5.74) is 6.54. The predicted octanol–water partition coefficient (Wildman–Crippen LogP) is 1.63. The van der Waals surface area contributed by atoms with Gasteiger partial charge in [-0.3, -0.25) is 4.79 Å². The van der Waals surface area contributed by atoms with Gasteiger partial charge in [-0.05, 0) is 18.2 Å². The van der Waals surface area contributed by atoms with Crippen molar-refractivity contribution in [2.75, 3.05) is 12.3 Å². The molecule has 0 saturated heterocycles. The lowest BCUT2D eigenvalue weighted by Crippen LogP contribution is -2.26. The molecule has 0 aliphatic carbocycles. The van der Waals surface area contributed by atoms with E-state index in [1.54, 1.807) is 24.4 Å². The minimum Gasteiger partial charge on any atom is -0.399 e. The van der Waals surface area contributed by atoms with E-state index in [4.69, 9.17) is 17.3 Å². The monoisotopic (exact) mass is 278 g/mol. The van der Waals surface area contributed by atoms with Crippen LogP contribution in [0.4, 0.5) is 5.69 Å². The molecule has 5 nitrogen and oxygen atoms in total. The van der Waals surface area contributed by atoms with Crippen molar-refractivity contribution in [1.82, 2.24) is 14.9 Å². The van der Waals surface area contributed by atoms with E-state index < -0.39 is 0 Å². The second kappa shape index (κ2) is 5.75. The van der Waals surface area contributed by atoms with Gasteiger partial charge in [0, 0.05) is 38.1 Å². The van der Waals surface area contributed by atoms with Crippen molar-refractivity contribution in [3.05, 3.63) is 47.0 Å². The minimum absolute atomic E-state index is 0.230. The molecule has 100 valence electrons. The van der Waals surface area contributed by atoms with Gasteiger partial charge in [0.15, 0.2) is 0 Å². The molecule has 1 amide bonds. The van der Waals surface area contributed by atoms with Gasteiger partial charge in [-0.15, -0.1) is 0 Å². The number of hydrogen-bond acceptors (Lipinski definition) is 3. The smallest absolute Gasteiger partial charge is 0.252 e. The Morgan fingerprint density at radius 1 is 1.53 bits per heavy atom. The summed E-state index contributed by atoms with van der Waals surface area (Å²) >= 11 is 5.96. The lowest BCUT2D eigenvalue weighted by molar-refractivity contribution is 0.0954. The van der Waals surface area contributed by atoms with Gasteiger partial charge < -0.3 is 15.6 Å². The number of carbonyl (C=O) groups excluding carboxylic acids is 1. The number of aryl methyl sites for hydroxylation is 1. The number of carbonyl (C=O) groups is 1. The Balaban J connectivity index is 1.94. The van der Waals surface area contributed by atoms with Crippen LogP contribution in [0.2, 0.25) is 5.02 Å². The third-order valence-corrected chi connectivity index (χ3v) is 3.12. The molecule has 1 heterocycles. The van der Waals surface area contributed by atoms with Gasteiger partial charge in [-0.25, -0.2) is 4.98 Å². The van der Waals surface area contributed by atoms with Crippen molar-refractivity contribution < 1.29 is 4.79 Å². The molecule has 2 rings (SSSR count). The highest BCUT2D eigenvalue weighted by Crippen LogP contribution is 2.18. The van der Waals surface area contributed by atoms with Crippen LogP contribution in [-0.4, -0.2) is 22.0 Å². The van der Waals surface area contributed by atoms with E-state index in [-0.39, 0.29) is 5.91 Å². The maximum Gasteiger partial charge on any atom is 0.252 e. The van der Waals surface area contributed by atoms with Crippen molar-refractivity contribution in [2.24, 2.45) is 7.05 Å². The van der Waals surface area contributed by atoms with Crippen molar-refractivity contribution in [1.29, 1.82) is 0 Å². The highest BCUT2D eigenvalue weighted by atomic mass is 35.5. The molecule has 0 radical (unpaired) electrons. The SMILES string of the molecule is Cn1ccnc1CCNC(=O)c1cc(N)ccc1Cl. The van der Waals surface area contributed by atoms with E-state index in [1.165, 1.54) is 0 Å². The van der Waals surface area contributed by atoms with E-state index >= 15 is 0 Å². The molecule has 6 heteroatoms. The first-order valence-corrected chi connectivity index (χ1v) is 6.25. The maximum absolute atomic E-state index is 12.0. The van der Waals surface area contributed by atoms with Gasteiger partial charge in [0.25, 0.3) is 5.91 Å². The Morgan fingerprint density at radius 3 is 3.00 bits per heavy atom. The normalized spacial score (nSPS) is 10.4. The number of benzene rings is 1. The highest BCUT2D eigenvalue weighted by molar-refractivity contribution is 6.34. The Kier molecular flexibility index (Phi) is 4.06. The zero-order chi connectivity index (χ0) is 13.8. The zero-order valence-electron chi connectivity index (χ0n) is 10.6. The molecule has 1 aromatic carbocycles. The van der Waals surface area contributed by atoms with Crippen LogP contribution in [0.15, 0.2) is 30.6 Å². The summed E-state index contributed by atoms with van der Waals surface area (Å²) in [7, 11) is 1.92. The van der Waals surface area contributed by atoms with Crippen LogP contribution in [0.25, 0.3) is 0 Å². The molecule has 0 atom stereocenters. The highest BCUT2D eigenvalue weighted by Gasteiger charge is 2.10. The predicted molar refractivity (Wildman–Crippen MR) is 75.1 cm³/mol. The summed E-state index contributed by atoms with van der Waals surface area (Å²) < 4.78 is 1.92. The number of nitrogens with one attached hydrogen (secondary N) is 1. The van der Waals surface area contributed by atoms with Crippen LogP contribution in [-0.2, 0) is 13.5 Å². The second-order valence-electron chi connectivity index (χ2n) is 4.20. The van der Waals surface area contributed by atoms with Crippen molar-refractivity contribution in [2.45, 2.75) is 6.42 Å². The number of nitrogen functional groups attached to an aromatic ring is 1. The molecule has 19 heavy (non-hydrogen) atoms. The van der Waals surface area contributed by atoms with E-state index in [0.29, 0.717) is 29.2 Å². The Hall–Kier alpha value is -2.01. The molecule has 1 aromatic heterocycles. The van der Waals surface area contributed by atoms with E-state index in [2.05, 4.69) is 10.3 Å². The first-order chi connectivity index (χ1) is 9.08. The van der Waals surface area contributed by atoms with Crippen molar-refractivity contribution >= 4 is 23.2 Å². The molecule has 0 bridgehead atoms. The standard InChI is InChI=1S/C13H15ClN4O/c1-18-7-6-16-12(18)4-5-17-13(19)10-8-9(15)2-3-11(10)14/h2-3,6-8H,4-5,15H2,1H3,(H,17,19). The van der Waals surface area contributed by atoms with Crippen LogP contribution in [0.1, 0.15) is 16.2 Å². The fourth-order valence-corrected chi connectivity index (χ4v) is 1.94. The first kappa shape index (κ1) is 13.4. The topological polar surface area (TPSA) is 72.9 Å². The molecule has 0 unspecified atom stereocenters. The van der Waals surface area contributed by atoms with Crippen LogP contribution in [0, 0.1) is 0 Å². The van der Waals surface area contributed by atoms with Crippen LogP contribution in [0.3, 0.4) is 0 Å². The second-order valence-corrected chi connectivity index (χ2v) is 4.61. The Bertz CT molecular complexity index is 594. The van der Waals surface area contributed by atoms with E-state index in [9.17, 15) is 4.79 Å². The lowest BCUT2D eigenvalue weighted by atomic mass is 10.2. The Labute approximate surface area is 116 Å². The van der Waals surface area contributed by atoms with Gasteiger partial charge in [0.1, 0.15) is 5.82 Å². The molecule has 0 fully saturated rings. The number of halogens is 1. The van der Waals surface area contributed by atoms with E-state index in [1.807, 2.05) is 17.8 Å². The number of amides is 1. The number of imidazole rings is 1. The number of aromatic nitrogens is 2. The number of hydrogen-bond donors (Lipinski definition) is 2. The van der Waals surface area contributed by atoms with Gasteiger partial charge in [-0.1, -0.05) is 11.6 Å². The largest absolute Gasteiger partial charge is 0.399 e. The summed E-state index contributed by atoms with van der Waals surface area (Å²) in [6.45, 7) is 0.495. The fourth-order valence-electron chi connectivity index (χ4n) is 1.74. The molecule has 2 aromatic rings. The van der Waals surface area contributed by atoms with Crippen molar-refractivity contribution in [3.8, 4) is 0 Å². The lowest BCUT2D eigenvalue weighted by Gasteiger charge is -2.07. The third-order valence-electron chi connectivity index (χ3n) is 2.79. The number of rotatable bonds is 4. The number of nitrogens with two attached hydrogens (primary N) is 1. The van der Waals surface area contributed by atoms with Gasteiger partial charge in [0.2, 0.25) is 0 Å². The zero-order valence-corrected chi connectivity index (χ0v) is 11.3. The van der Waals surface area contributed by atoms with E-state index in [0.717, 1.165) is 5.82 Å². The maximum atomic E-state index is 12.0. The molecular formula is C13H15ClN4O. The van der Waals surface area contributed by atoms with Gasteiger partial charge in [-0.2, -0.15) is 0 Å². The molecule has 0 aliphatic rings. The number of nitrogens with zero attached hydrogens (tertiary/aromatic N) is 2. The molecule has 3 N–H and O–H groups in total. The average Bonchev–Trinajstić information content (AvgIpc) is 2.78. The molecule has 0 spiro atoms. The summed E-state index contributed by atoms with van der Waals surface area (Å²) in [5, 5.41) is 3.19. The third kappa shape index (κ3) is 3.26. The first-order valence-electron chi connectivity index (χ1n) is 5.87. The summed E-state index contributed by atoms with van der Waals surface area (Å²) in [4.78, 5) is 16.1. The average molecular weight is 279 g/mol. The molecule has 0 aliphatic heterocycles. The molecule has 0 saturated carbocycles. The quantitative estimate of drug-likeness (QED) is 0.835. The number of anilines is 1. The fraction of sp³-hybridized carbons (Fsp3) is 0.231.